The monoisotopic (exact) mass is 238 g/mol. The van der Waals surface area contributed by atoms with E-state index >= 15 is 0 Å². The van der Waals surface area contributed by atoms with Gasteiger partial charge in [0.15, 0.2) is 6.29 Å². The molecule has 0 spiro atoms. The van der Waals surface area contributed by atoms with E-state index in [-0.39, 0.29) is 0 Å². The second kappa shape index (κ2) is 5.87. The number of hydrogen-bond donors (Lipinski definition) is 4. The normalized spacial score (nSPS) is 40.3. The highest BCUT2D eigenvalue weighted by molar-refractivity contribution is 4.93. The predicted molar refractivity (Wildman–Crippen MR) is 51.6 cm³/mol. The first-order valence-electron chi connectivity index (χ1n) is 4.93. The van der Waals surface area contributed by atoms with Gasteiger partial charge in [-0.05, 0) is 0 Å². The van der Waals surface area contributed by atoms with Crippen molar-refractivity contribution in [1.29, 1.82) is 0 Å². The number of hydrogen-bond acceptors (Lipinski definition) is 7. The third-order valence-corrected chi connectivity index (χ3v) is 2.66. The Hall–Kier alpha value is -0.280. The molecule has 1 aliphatic rings. The Morgan fingerprint density at radius 3 is 2.06 bits per heavy atom. The first-order valence-corrected chi connectivity index (χ1v) is 4.93. The van der Waals surface area contributed by atoms with Gasteiger partial charge in [0.2, 0.25) is 0 Å². The summed E-state index contributed by atoms with van der Waals surface area (Å²) in [6, 6.07) is 0. The van der Waals surface area contributed by atoms with Crippen LogP contribution in [-0.4, -0.2) is 78.1 Å². The highest BCUT2D eigenvalue weighted by Crippen LogP contribution is 2.24. The summed E-state index contributed by atoms with van der Waals surface area (Å²) in [6.07, 6.45) is -6.93. The zero-order chi connectivity index (χ0) is 12.3. The number of ether oxygens (including phenoxy) is 3. The van der Waals surface area contributed by atoms with Crippen molar-refractivity contribution in [2.75, 3.05) is 20.8 Å². The molecule has 7 nitrogen and oxygen atoms in total. The minimum Gasteiger partial charge on any atom is -0.394 e. The maximum absolute atomic E-state index is 9.68. The smallest absolute Gasteiger partial charge is 0.185 e. The molecule has 0 unspecified atom stereocenters. The molecule has 0 aliphatic carbocycles. The van der Waals surface area contributed by atoms with E-state index < -0.39 is 43.4 Å². The minimum atomic E-state index is -1.41. The Balaban J connectivity index is 2.77. The molecule has 0 amide bonds. The maximum Gasteiger partial charge on any atom is 0.185 e. The lowest BCUT2D eigenvalue weighted by Crippen LogP contribution is -2.61. The van der Waals surface area contributed by atoms with Crippen molar-refractivity contribution >= 4 is 0 Å². The van der Waals surface area contributed by atoms with Gasteiger partial charge in [-0.2, -0.15) is 0 Å². The molecule has 0 aromatic carbocycles. The molecule has 0 bridgehead atoms. The summed E-state index contributed by atoms with van der Waals surface area (Å²) in [5, 5.41) is 37.7. The lowest BCUT2D eigenvalue weighted by Gasteiger charge is -2.41. The van der Waals surface area contributed by atoms with Crippen molar-refractivity contribution < 1.29 is 34.6 Å². The van der Waals surface area contributed by atoms with Crippen molar-refractivity contribution in [3.05, 3.63) is 0 Å². The third-order valence-electron chi connectivity index (χ3n) is 2.66. The molecule has 1 saturated heterocycles. The second-order valence-corrected chi connectivity index (χ2v) is 3.63. The molecule has 1 rings (SSSR count). The van der Waals surface area contributed by atoms with Gasteiger partial charge < -0.3 is 34.6 Å². The van der Waals surface area contributed by atoms with Crippen molar-refractivity contribution in [3.63, 3.8) is 0 Å². The molecule has 1 heterocycles. The number of aliphatic hydroxyl groups is 4. The molecule has 7 heteroatoms. The van der Waals surface area contributed by atoms with Crippen LogP contribution in [-0.2, 0) is 14.2 Å². The Morgan fingerprint density at radius 2 is 1.62 bits per heavy atom. The summed E-state index contributed by atoms with van der Waals surface area (Å²) in [5.41, 5.74) is 0. The van der Waals surface area contributed by atoms with Crippen LogP contribution >= 0.6 is 0 Å². The van der Waals surface area contributed by atoms with Crippen LogP contribution in [0.15, 0.2) is 0 Å². The fraction of sp³-hybridized carbons (Fsp3) is 1.00. The molecule has 5 atom stereocenters. The maximum atomic E-state index is 9.68. The van der Waals surface area contributed by atoms with E-state index in [0.29, 0.717) is 0 Å². The molecule has 0 radical (unpaired) electrons. The van der Waals surface area contributed by atoms with Crippen LogP contribution in [0.25, 0.3) is 0 Å². The van der Waals surface area contributed by atoms with Gasteiger partial charge in [0.05, 0.1) is 6.61 Å². The molecule has 96 valence electrons. The highest BCUT2D eigenvalue weighted by atomic mass is 16.7. The summed E-state index contributed by atoms with van der Waals surface area (Å²) in [7, 11) is 2.71. The van der Waals surface area contributed by atoms with Gasteiger partial charge >= 0.3 is 0 Å². The van der Waals surface area contributed by atoms with Gasteiger partial charge in [-0.25, -0.2) is 0 Å². The molecule has 4 N–H and O–H groups in total. The number of aliphatic hydroxyl groups excluding tert-OH is 4. The van der Waals surface area contributed by atoms with Crippen LogP contribution in [0.2, 0.25) is 0 Å². The van der Waals surface area contributed by atoms with Crippen molar-refractivity contribution in [3.8, 4) is 0 Å². The first-order chi connectivity index (χ1) is 7.56. The van der Waals surface area contributed by atoms with E-state index in [4.69, 9.17) is 19.3 Å². The molecule has 1 aliphatic heterocycles. The number of rotatable bonds is 4. The Morgan fingerprint density at radius 1 is 1.06 bits per heavy atom. The van der Waals surface area contributed by atoms with E-state index in [9.17, 15) is 15.3 Å². The molecule has 0 aromatic heterocycles. The van der Waals surface area contributed by atoms with Gasteiger partial charge in [0.1, 0.15) is 30.5 Å². The summed E-state index contributed by atoms with van der Waals surface area (Å²) in [4.78, 5) is 0. The Bertz CT molecular complexity index is 203. The molecule has 0 saturated carbocycles. The van der Waals surface area contributed by atoms with Gasteiger partial charge in [0.25, 0.3) is 0 Å². The van der Waals surface area contributed by atoms with E-state index in [2.05, 4.69) is 0 Å². The van der Waals surface area contributed by atoms with E-state index in [1.165, 1.54) is 14.2 Å². The lowest BCUT2D eigenvalue weighted by atomic mass is 9.95. The van der Waals surface area contributed by atoms with Crippen LogP contribution in [0.5, 0.6) is 0 Å². The van der Waals surface area contributed by atoms with Gasteiger partial charge in [-0.15, -0.1) is 0 Å². The standard InChI is InChI=1S/C9H18O7/c1-14-9(15-2)8-7(13)6(12)5(11)4(3-10)16-8/h4-13H,3H2,1-2H3/t4-,5-,6+,7+,8-/m1/s1. The largest absolute Gasteiger partial charge is 0.394 e. The molecule has 0 aromatic rings. The summed E-state index contributed by atoms with van der Waals surface area (Å²) in [5.74, 6) is 0. The quantitative estimate of drug-likeness (QED) is 0.399. The fourth-order valence-electron chi connectivity index (χ4n) is 1.72. The van der Waals surface area contributed by atoms with E-state index in [1.807, 2.05) is 0 Å². The first kappa shape index (κ1) is 13.8. The Kier molecular flexibility index (Phi) is 5.06. The van der Waals surface area contributed by atoms with E-state index in [1.54, 1.807) is 0 Å². The van der Waals surface area contributed by atoms with Crippen LogP contribution in [0.4, 0.5) is 0 Å². The van der Waals surface area contributed by atoms with Crippen molar-refractivity contribution in [1.82, 2.24) is 0 Å². The molecule has 16 heavy (non-hydrogen) atoms. The van der Waals surface area contributed by atoms with Crippen molar-refractivity contribution in [2.24, 2.45) is 0 Å². The lowest BCUT2D eigenvalue weighted by molar-refractivity contribution is -0.287. The molecule has 1 fully saturated rings. The zero-order valence-corrected chi connectivity index (χ0v) is 9.18. The summed E-state index contributed by atoms with van der Waals surface area (Å²) >= 11 is 0. The van der Waals surface area contributed by atoms with Gasteiger partial charge in [-0.3, -0.25) is 0 Å². The highest BCUT2D eigenvalue weighted by Gasteiger charge is 2.46. The summed E-state index contributed by atoms with van der Waals surface area (Å²) < 4.78 is 15.0. The summed E-state index contributed by atoms with van der Waals surface area (Å²) in [6.45, 7) is -0.471. The average molecular weight is 238 g/mol. The zero-order valence-electron chi connectivity index (χ0n) is 9.18. The van der Waals surface area contributed by atoms with Crippen LogP contribution in [0.3, 0.4) is 0 Å². The van der Waals surface area contributed by atoms with Crippen LogP contribution in [0, 0.1) is 0 Å². The van der Waals surface area contributed by atoms with Crippen LogP contribution in [0.1, 0.15) is 0 Å². The van der Waals surface area contributed by atoms with Crippen molar-refractivity contribution in [2.45, 2.75) is 36.8 Å². The fourth-order valence-corrected chi connectivity index (χ4v) is 1.72. The predicted octanol–water partition coefficient (Wildman–Crippen LogP) is -2.55. The third kappa shape index (κ3) is 2.51. The second-order valence-electron chi connectivity index (χ2n) is 3.63. The van der Waals surface area contributed by atoms with E-state index in [0.717, 1.165) is 0 Å². The molecular formula is C9H18O7. The Labute approximate surface area is 93.2 Å². The molecular weight excluding hydrogens is 220 g/mol. The van der Waals surface area contributed by atoms with Gasteiger partial charge in [-0.1, -0.05) is 0 Å². The topological polar surface area (TPSA) is 109 Å². The van der Waals surface area contributed by atoms with Gasteiger partial charge in [0, 0.05) is 14.2 Å². The number of methoxy groups -OCH3 is 2. The SMILES string of the molecule is COC(OC)[C@@H]1O[C@H](CO)[C@@H](O)[C@H](O)[C@@H]1O. The minimum absolute atomic E-state index is 0.471. The van der Waals surface area contributed by atoms with Crippen LogP contribution < -0.4 is 0 Å². The average Bonchev–Trinajstić information content (AvgIpc) is 2.30.